The van der Waals surface area contributed by atoms with Crippen LogP contribution in [-0.4, -0.2) is 26.6 Å². The quantitative estimate of drug-likeness (QED) is 0.282. The zero-order chi connectivity index (χ0) is 20.4. The average molecular weight is 406 g/mol. The molecule has 8 nitrogen and oxygen atoms in total. The van der Waals surface area contributed by atoms with Crippen LogP contribution in [0.5, 0.6) is 5.75 Å². The molecule has 0 aliphatic heterocycles. The molecule has 29 heavy (non-hydrogen) atoms. The van der Waals surface area contributed by atoms with Crippen molar-refractivity contribution in [2.24, 2.45) is 0 Å². The second-order valence-corrected chi connectivity index (χ2v) is 6.95. The molecule has 0 radical (unpaired) electrons. The first-order chi connectivity index (χ1) is 14.1. The number of rotatable bonds is 5. The number of ether oxygens (including phenoxy) is 1. The van der Waals surface area contributed by atoms with Crippen molar-refractivity contribution in [3.05, 3.63) is 87.3 Å². The van der Waals surface area contributed by atoms with E-state index in [1.165, 1.54) is 22.9 Å². The van der Waals surface area contributed by atoms with Crippen LogP contribution in [0.15, 0.2) is 81.8 Å². The van der Waals surface area contributed by atoms with Crippen LogP contribution in [-0.2, 0) is 0 Å². The summed E-state index contributed by atoms with van der Waals surface area (Å²) in [5.74, 6) is 0.604. The molecule has 2 aromatic carbocycles. The summed E-state index contributed by atoms with van der Waals surface area (Å²) in [4.78, 5) is 32.3. The van der Waals surface area contributed by atoms with Gasteiger partial charge in [-0.25, -0.2) is 9.97 Å². The highest BCUT2D eigenvalue weighted by Crippen LogP contribution is 2.28. The Morgan fingerprint density at radius 3 is 2.66 bits per heavy atom. The van der Waals surface area contributed by atoms with Crippen LogP contribution in [0.25, 0.3) is 16.6 Å². The SMILES string of the molecule is COc1cccc(-n2c(Sc3ccc([N+](=O)[O-])cn3)nc3ccccc3c2=O)c1. The minimum atomic E-state index is -0.512. The number of hydrogen-bond donors (Lipinski definition) is 0. The van der Waals surface area contributed by atoms with E-state index >= 15 is 0 Å². The molecule has 2 heterocycles. The lowest BCUT2D eigenvalue weighted by atomic mass is 10.2. The number of pyridine rings is 1. The number of nitro groups is 1. The Kier molecular flexibility index (Phi) is 4.96. The number of fused-ring (bicyclic) bond motifs is 1. The van der Waals surface area contributed by atoms with E-state index in [-0.39, 0.29) is 11.2 Å². The lowest BCUT2D eigenvalue weighted by Gasteiger charge is -2.13. The highest BCUT2D eigenvalue weighted by molar-refractivity contribution is 7.99. The summed E-state index contributed by atoms with van der Waals surface area (Å²) in [6.07, 6.45) is 1.18. The van der Waals surface area contributed by atoms with E-state index in [0.717, 1.165) is 11.8 Å². The van der Waals surface area contributed by atoms with Crippen molar-refractivity contribution in [1.29, 1.82) is 0 Å². The average Bonchev–Trinajstić information content (AvgIpc) is 2.74. The molecule has 0 aliphatic carbocycles. The van der Waals surface area contributed by atoms with Gasteiger partial charge < -0.3 is 4.74 Å². The summed E-state index contributed by atoms with van der Waals surface area (Å²) in [7, 11) is 1.55. The maximum atomic E-state index is 13.2. The van der Waals surface area contributed by atoms with Gasteiger partial charge in [0, 0.05) is 12.1 Å². The molecule has 0 saturated carbocycles. The number of aromatic nitrogens is 3. The van der Waals surface area contributed by atoms with Crippen molar-refractivity contribution < 1.29 is 9.66 Å². The Morgan fingerprint density at radius 1 is 1.10 bits per heavy atom. The molecular formula is C20H14N4O4S. The first-order valence-electron chi connectivity index (χ1n) is 8.51. The Hall–Kier alpha value is -3.72. The van der Waals surface area contributed by atoms with Crippen molar-refractivity contribution >= 4 is 28.4 Å². The summed E-state index contributed by atoms with van der Waals surface area (Å²) >= 11 is 1.15. The van der Waals surface area contributed by atoms with Crippen LogP contribution in [0.3, 0.4) is 0 Å². The van der Waals surface area contributed by atoms with E-state index in [9.17, 15) is 14.9 Å². The van der Waals surface area contributed by atoms with Gasteiger partial charge in [0.2, 0.25) is 0 Å². The van der Waals surface area contributed by atoms with Gasteiger partial charge in [0.25, 0.3) is 11.2 Å². The van der Waals surface area contributed by atoms with Crippen molar-refractivity contribution in [1.82, 2.24) is 14.5 Å². The molecule has 0 saturated heterocycles. The first-order valence-corrected chi connectivity index (χ1v) is 9.33. The third kappa shape index (κ3) is 3.67. The summed E-state index contributed by atoms with van der Waals surface area (Å²) < 4.78 is 6.76. The molecule has 0 bridgehead atoms. The van der Waals surface area contributed by atoms with Gasteiger partial charge in [-0.3, -0.25) is 19.5 Å². The molecule has 9 heteroatoms. The predicted octanol–water partition coefficient (Wildman–Crippen LogP) is 3.85. The number of methoxy groups -OCH3 is 1. The number of nitrogens with zero attached hydrogens (tertiary/aromatic N) is 4. The summed E-state index contributed by atoms with van der Waals surface area (Å²) in [6.45, 7) is 0. The van der Waals surface area contributed by atoms with Crippen LogP contribution in [0.4, 0.5) is 5.69 Å². The summed E-state index contributed by atoms with van der Waals surface area (Å²) in [5.41, 5.74) is 0.817. The fourth-order valence-corrected chi connectivity index (χ4v) is 3.64. The van der Waals surface area contributed by atoms with Gasteiger partial charge in [0.15, 0.2) is 5.16 Å². The van der Waals surface area contributed by atoms with E-state index in [0.29, 0.717) is 32.5 Å². The van der Waals surface area contributed by atoms with Crippen molar-refractivity contribution in [3.63, 3.8) is 0 Å². The van der Waals surface area contributed by atoms with E-state index in [4.69, 9.17) is 4.74 Å². The smallest absolute Gasteiger partial charge is 0.287 e. The highest BCUT2D eigenvalue weighted by atomic mass is 32.2. The van der Waals surface area contributed by atoms with Crippen LogP contribution in [0, 0.1) is 10.1 Å². The Labute approximate surface area is 169 Å². The molecule has 0 atom stereocenters. The zero-order valence-electron chi connectivity index (χ0n) is 15.2. The van der Waals surface area contributed by atoms with Crippen molar-refractivity contribution in [2.75, 3.05) is 7.11 Å². The van der Waals surface area contributed by atoms with E-state index < -0.39 is 4.92 Å². The molecular weight excluding hydrogens is 392 g/mol. The van der Waals surface area contributed by atoms with Gasteiger partial charge in [-0.2, -0.15) is 0 Å². The topological polar surface area (TPSA) is 100 Å². The van der Waals surface area contributed by atoms with Gasteiger partial charge in [0.1, 0.15) is 17.0 Å². The Morgan fingerprint density at radius 2 is 1.93 bits per heavy atom. The van der Waals surface area contributed by atoms with Gasteiger partial charge >= 0.3 is 0 Å². The van der Waals surface area contributed by atoms with Crippen LogP contribution < -0.4 is 10.3 Å². The monoisotopic (exact) mass is 406 g/mol. The molecule has 0 N–H and O–H groups in total. The molecule has 0 unspecified atom stereocenters. The zero-order valence-corrected chi connectivity index (χ0v) is 16.0. The molecule has 4 aromatic rings. The van der Waals surface area contributed by atoms with E-state index in [2.05, 4.69) is 9.97 Å². The van der Waals surface area contributed by atoms with Crippen LogP contribution in [0.1, 0.15) is 0 Å². The molecule has 0 fully saturated rings. The van der Waals surface area contributed by atoms with Gasteiger partial charge in [0.05, 0.1) is 28.6 Å². The second kappa shape index (κ2) is 7.72. The summed E-state index contributed by atoms with van der Waals surface area (Å²) in [5, 5.41) is 12.2. The van der Waals surface area contributed by atoms with Gasteiger partial charge in [-0.15, -0.1) is 0 Å². The van der Waals surface area contributed by atoms with E-state index in [1.807, 2.05) is 6.07 Å². The lowest BCUT2D eigenvalue weighted by Crippen LogP contribution is -2.21. The normalized spacial score (nSPS) is 10.8. The second-order valence-electron chi connectivity index (χ2n) is 5.97. The third-order valence-electron chi connectivity index (χ3n) is 4.18. The van der Waals surface area contributed by atoms with Crippen LogP contribution >= 0.6 is 11.8 Å². The molecule has 0 spiro atoms. The number of para-hydroxylation sites is 1. The maximum absolute atomic E-state index is 13.2. The van der Waals surface area contributed by atoms with Gasteiger partial charge in [-0.1, -0.05) is 18.2 Å². The van der Waals surface area contributed by atoms with Crippen LogP contribution in [0.2, 0.25) is 0 Å². The minimum absolute atomic E-state index is 0.106. The fourth-order valence-electron chi connectivity index (χ4n) is 2.79. The minimum Gasteiger partial charge on any atom is -0.497 e. The highest BCUT2D eigenvalue weighted by Gasteiger charge is 2.16. The van der Waals surface area contributed by atoms with E-state index in [1.54, 1.807) is 49.6 Å². The third-order valence-corrected chi connectivity index (χ3v) is 5.09. The molecule has 0 amide bonds. The van der Waals surface area contributed by atoms with Crippen molar-refractivity contribution in [2.45, 2.75) is 10.2 Å². The Bertz CT molecular complexity index is 1270. The lowest BCUT2D eigenvalue weighted by molar-refractivity contribution is -0.385. The molecule has 4 rings (SSSR count). The Balaban J connectivity index is 1.89. The summed E-state index contributed by atoms with van der Waals surface area (Å²) in [6, 6.07) is 17.1. The standard InChI is InChI=1S/C20H14N4O4S/c1-28-15-6-4-5-13(11-15)23-19(25)16-7-2-3-8-17(16)22-20(23)29-18-10-9-14(12-21-18)24(26)27/h2-12H,1H3. The largest absolute Gasteiger partial charge is 0.497 e. The molecule has 2 aromatic heterocycles. The first kappa shape index (κ1) is 18.6. The van der Waals surface area contributed by atoms with Gasteiger partial charge in [-0.05, 0) is 42.1 Å². The number of hydrogen-bond acceptors (Lipinski definition) is 7. The molecule has 144 valence electrons. The fraction of sp³-hybridized carbons (Fsp3) is 0.0500. The number of benzene rings is 2. The van der Waals surface area contributed by atoms with Crippen molar-refractivity contribution in [3.8, 4) is 11.4 Å². The maximum Gasteiger partial charge on any atom is 0.287 e. The predicted molar refractivity (Wildman–Crippen MR) is 109 cm³/mol. The molecule has 0 aliphatic rings.